The molecule has 113 heavy (non-hydrogen) atoms. The van der Waals surface area contributed by atoms with Gasteiger partial charge in [-0.15, -0.1) is 0 Å². The number of pyridine rings is 2. The normalized spacial score (nSPS) is 15.8. The molecule has 614 valence electrons. The summed E-state index contributed by atoms with van der Waals surface area (Å²) in [6, 6.07) is 8.92. The first-order valence-electron chi connectivity index (χ1n) is 37.8. The molecule has 0 radical (unpaired) electrons. The molecule has 2 aliphatic heterocycles. The zero-order valence-electron chi connectivity index (χ0n) is 63.8. The summed E-state index contributed by atoms with van der Waals surface area (Å²) < 4.78 is 94.8. The van der Waals surface area contributed by atoms with Crippen LogP contribution < -0.4 is 48.1 Å². The first-order valence-corrected chi connectivity index (χ1v) is 39.7. The average Bonchev–Trinajstić information content (AvgIpc) is 1.62. The number of benzene rings is 2. The first-order chi connectivity index (χ1) is 54.6. The summed E-state index contributed by atoms with van der Waals surface area (Å²) in [7, 11) is -1.95. The fourth-order valence-corrected chi connectivity index (χ4v) is 13.3. The lowest BCUT2D eigenvalue weighted by Crippen LogP contribution is -2.52. The number of esters is 1. The highest BCUT2D eigenvalue weighted by atomic mass is 32.2. The number of ether oxygens (including phenoxy) is 10. The van der Waals surface area contributed by atoms with Crippen molar-refractivity contribution in [2.24, 2.45) is 5.92 Å². The molecule has 2 aliphatic carbocycles. The lowest BCUT2D eigenvalue weighted by Gasteiger charge is -2.32. The summed E-state index contributed by atoms with van der Waals surface area (Å²) in [6.45, 7) is 5.30. The molecule has 5 heterocycles. The molecular weight excluding hydrogens is 1500 g/mol. The number of aliphatic hydroxyl groups is 1. The fourth-order valence-electron chi connectivity index (χ4n) is 12.9. The monoisotopic (exact) mass is 1600 g/mol. The molecule has 9 rings (SSSR count). The molecule has 36 heteroatoms. The van der Waals surface area contributed by atoms with E-state index in [1.54, 1.807) is 50.4 Å². The van der Waals surface area contributed by atoms with Gasteiger partial charge in [-0.25, -0.2) is 32.6 Å². The predicted octanol–water partition coefficient (Wildman–Crippen LogP) is 0.220. The molecule has 1 saturated carbocycles. The highest BCUT2D eigenvalue weighted by molar-refractivity contribution is 7.90. The zero-order valence-corrected chi connectivity index (χ0v) is 64.7. The Hall–Kier alpha value is -9.36. The third-order valence-electron chi connectivity index (χ3n) is 18.8. The standard InChI is InChI=1S/C77H101FN12O22S/c1-50-54-16-17-59(70-55-46-90-63(71(55)89-61(69(54)70)39-58(50)78)38-57-56(74(90)98)47-112-75(99)77(57,100)40-52-14-15-52)87-68(95)48-111-49-86-66(93)44-83-73(97)62(37-51-11-8-6-9-12-51)88-67(94)45-82-65(92)43-81-64(91)19-18-60(79-20-10-5-4-7-13-53-41-84-76(85-42-53)113(3,101)102)72(96)80-21-22-104-25-26-106-29-30-108-33-34-110-36-35-109-32-31-107-28-27-105-24-23-103-2/h6,8-9,11-12,38-39,41-42,52,59-60,62,79,100H,4-5,10,14-37,40,43-49H2,1-3H3,(H,80,96)(H,81,91)(H,82,92)(H,83,97)(H,86,93)(H,87,95)(H,88,94)/t59-,60-,62-,77-/m0/s1. The number of aryl methyl sites for hydroxylation is 1. The molecule has 0 spiro atoms. The van der Waals surface area contributed by atoms with Gasteiger partial charge in [-0.2, -0.15) is 0 Å². The van der Waals surface area contributed by atoms with Crippen LogP contribution in [0.1, 0.15) is 108 Å². The Kier molecular flexibility index (Phi) is 34.8. The van der Waals surface area contributed by atoms with Gasteiger partial charge in [-0.05, 0) is 86.2 Å². The lowest BCUT2D eigenvalue weighted by atomic mass is 9.81. The van der Waals surface area contributed by atoms with Gasteiger partial charge in [0.1, 0.15) is 31.8 Å². The third-order valence-corrected chi connectivity index (χ3v) is 19.7. The molecule has 9 N–H and O–H groups in total. The van der Waals surface area contributed by atoms with Gasteiger partial charge in [-0.3, -0.25) is 38.4 Å². The maximum absolute atomic E-state index is 15.6. The summed E-state index contributed by atoms with van der Waals surface area (Å²) >= 11 is 0. The smallest absolute Gasteiger partial charge is 0.343 e. The summed E-state index contributed by atoms with van der Waals surface area (Å²) in [6.07, 6.45) is 7.72. The van der Waals surface area contributed by atoms with Gasteiger partial charge in [0.25, 0.3) is 5.56 Å². The molecular formula is C77H101FN12O22S. The molecule has 0 unspecified atom stereocenters. The van der Waals surface area contributed by atoms with Crippen LogP contribution in [-0.2, 0) is 127 Å². The molecule has 1 fully saturated rings. The first kappa shape index (κ1) is 87.6. The van der Waals surface area contributed by atoms with Crippen LogP contribution in [0.2, 0.25) is 0 Å². The van der Waals surface area contributed by atoms with E-state index in [1.165, 1.54) is 23.0 Å². The van der Waals surface area contributed by atoms with E-state index in [0.29, 0.717) is 180 Å². The second-order valence-corrected chi connectivity index (χ2v) is 29.2. The van der Waals surface area contributed by atoms with Gasteiger partial charge in [-0.1, -0.05) is 55.0 Å². The SMILES string of the molecule is COCCOCCOCCOCCOCCOCCOCCOCCNC(=O)[C@H](CCC(=O)NCC(=O)NCC(=O)N[C@@H](Cc1ccccc1)C(=O)NCC(=O)NCOCC(=O)N[C@H]1CCc2c(C)c(F)cc3nc4c(c1c23)Cn1c-4cc2c(c1=O)COC(=O)[C@]2(O)CC1CC1)NCCCCC#Cc1cnc(S(C)(=O)=O)nc1. The molecule has 4 aliphatic rings. The Labute approximate surface area is 653 Å². The van der Waals surface area contributed by atoms with Gasteiger partial charge < -0.3 is 99.6 Å². The van der Waals surface area contributed by atoms with E-state index in [2.05, 4.69) is 64.3 Å². The van der Waals surface area contributed by atoms with Crippen LogP contribution in [0.5, 0.6) is 0 Å². The molecule has 34 nitrogen and oxygen atoms in total. The maximum atomic E-state index is 15.6. The fraction of sp³-hybridized carbons (Fsp3) is 0.558. The van der Waals surface area contributed by atoms with Crippen LogP contribution in [0.3, 0.4) is 0 Å². The summed E-state index contributed by atoms with van der Waals surface area (Å²) in [5.74, 6) is 0.222. The van der Waals surface area contributed by atoms with E-state index in [0.717, 1.165) is 19.1 Å². The highest BCUT2D eigenvalue weighted by Gasteiger charge is 2.50. The largest absolute Gasteiger partial charge is 0.458 e. The van der Waals surface area contributed by atoms with Crippen molar-refractivity contribution in [3.8, 4) is 23.2 Å². The van der Waals surface area contributed by atoms with E-state index >= 15 is 4.39 Å². The van der Waals surface area contributed by atoms with E-state index in [4.69, 9.17) is 52.4 Å². The van der Waals surface area contributed by atoms with Crippen molar-refractivity contribution >= 4 is 68.1 Å². The molecule has 2 aromatic carbocycles. The summed E-state index contributed by atoms with van der Waals surface area (Å²) in [5.41, 5.74) is 2.34. The molecule has 3 aromatic heterocycles. The number of cyclic esters (lactones) is 1. The number of aromatic nitrogens is 4. The van der Waals surface area contributed by atoms with Crippen molar-refractivity contribution in [1.82, 2.24) is 62.1 Å². The van der Waals surface area contributed by atoms with Crippen molar-refractivity contribution in [2.45, 2.75) is 120 Å². The van der Waals surface area contributed by atoms with E-state index in [1.807, 2.05) is 0 Å². The van der Waals surface area contributed by atoms with Crippen LogP contribution in [-0.4, -0.2) is 251 Å². The lowest BCUT2D eigenvalue weighted by molar-refractivity contribution is -0.173. The molecule has 7 amide bonds. The number of halogens is 1. The van der Waals surface area contributed by atoms with Crippen molar-refractivity contribution < 1.29 is 104 Å². The molecule has 0 saturated heterocycles. The zero-order chi connectivity index (χ0) is 80.5. The van der Waals surface area contributed by atoms with Crippen LogP contribution in [0, 0.1) is 30.5 Å². The average molecular weight is 1600 g/mol. The van der Waals surface area contributed by atoms with Gasteiger partial charge in [0.2, 0.25) is 56.3 Å². The van der Waals surface area contributed by atoms with Crippen LogP contribution in [0.15, 0.2) is 64.8 Å². The van der Waals surface area contributed by atoms with Crippen LogP contribution in [0.4, 0.5) is 4.39 Å². The number of fused-ring (bicyclic) bond motifs is 5. The number of hydrogen-bond acceptors (Lipinski definition) is 26. The number of methoxy groups -OCH3 is 1. The van der Waals surface area contributed by atoms with Crippen LogP contribution in [0.25, 0.3) is 22.3 Å². The second kappa shape index (κ2) is 44.9. The number of nitrogens with one attached hydrogen (secondary N) is 8. The summed E-state index contributed by atoms with van der Waals surface area (Å²) in [4.78, 5) is 133. The number of rotatable bonds is 51. The topological polar surface area (TPSA) is 440 Å². The van der Waals surface area contributed by atoms with Crippen molar-refractivity contribution in [1.29, 1.82) is 0 Å². The van der Waals surface area contributed by atoms with Gasteiger partial charge >= 0.3 is 5.97 Å². The molecule has 4 atom stereocenters. The molecule has 5 aromatic rings. The minimum Gasteiger partial charge on any atom is -0.458 e. The van der Waals surface area contributed by atoms with Gasteiger partial charge in [0, 0.05) is 74.1 Å². The number of unbranched alkanes of at least 4 members (excludes halogenated alkanes) is 2. The number of carbonyl (C=O) groups is 8. The van der Waals surface area contributed by atoms with Crippen molar-refractivity contribution in [3.63, 3.8) is 0 Å². The van der Waals surface area contributed by atoms with E-state index < -0.39 is 125 Å². The number of nitrogens with zero attached hydrogens (tertiary/aromatic N) is 4. The minimum absolute atomic E-state index is 0.00964. The maximum Gasteiger partial charge on any atom is 0.343 e. The van der Waals surface area contributed by atoms with E-state index in [-0.39, 0.29) is 80.8 Å². The van der Waals surface area contributed by atoms with Crippen molar-refractivity contribution in [3.05, 3.63) is 116 Å². The third kappa shape index (κ3) is 27.2. The number of amides is 7. The number of carbonyl (C=O) groups excluding carboxylic acids is 8. The van der Waals surface area contributed by atoms with Crippen LogP contribution >= 0.6 is 0 Å². The summed E-state index contributed by atoms with van der Waals surface area (Å²) in [5, 5.41) is 33.7. The quantitative estimate of drug-likeness (QED) is 0.00811. The minimum atomic E-state index is -3.56. The highest BCUT2D eigenvalue weighted by Crippen LogP contribution is 2.48. The van der Waals surface area contributed by atoms with Crippen molar-refractivity contribution in [2.75, 3.05) is 159 Å². The Morgan fingerprint density at radius 2 is 1.31 bits per heavy atom. The second-order valence-electron chi connectivity index (χ2n) is 27.3. The Morgan fingerprint density at radius 3 is 1.96 bits per heavy atom. The Morgan fingerprint density at radius 1 is 0.699 bits per heavy atom. The van der Waals surface area contributed by atoms with Gasteiger partial charge in [0.05, 0.1) is 165 Å². The van der Waals surface area contributed by atoms with Gasteiger partial charge in [0.15, 0.2) is 5.60 Å². The molecule has 0 bridgehead atoms. The predicted molar refractivity (Wildman–Crippen MR) is 403 cm³/mol. The van der Waals surface area contributed by atoms with E-state index in [9.17, 15) is 56.7 Å². The Bertz CT molecular complexity index is 4340. The Balaban J connectivity index is 0.669. The number of hydrogen-bond donors (Lipinski definition) is 9. The number of sulfone groups is 1.